The SMILES string of the molecule is COCc1cc(N2CCCC[C@H]2C)nc(SCc2ccc(C(=O)[O-])o2)n1. The summed E-state index contributed by atoms with van der Waals surface area (Å²) in [6.07, 6.45) is 3.56. The van der Waals surface area contributed by atoms with Gasteiger partial charge in [-0.15, -0.1) is 0 Å². The summed E-state index contributed by atoms with van der Waals surface area (Å²) in [5, 5.41) is 11.4. The molecule has 0 aliphatic carbocycles. The third-order valence-electron chi connectivity index (χ3n) is 4.34. The second-order valence-electron chi connectivity index (χ2n) is 6.31. The smallest absolute Gasteiger partial charge is 0.190 e. The van der Waals surface area contributed by atoms with Crippen LogP contribution in [0.1, 0.15) is 48.2 Å². The number of hydrogen-bond donors (Lipinski definition) is 0. The number of hydrogen-bond acceptors (Lipinski definition) is 8. The van der Waals surface area contributed by atoms with Gasteiger partial charge in [0.05, 0.1) is 18.1 Å². The van der Waals surface area contributed by atoms with E-state index in [2.05, 4.69) is 16.8 Å². The highest BCUT2D eigenvalue weighted by Gasteiger charge is 2.21. The molecule has 1 fully saturated rings. The number of nitrogens with zero attached hydrogens (tertiary/aromatic N) is 3. The molecule has 26 heavy (non-hydrogen) atoms. The molecule has 140 valence electrons. The quantitative estimate of drug-likeness (QED) is 0.537. The van der Waals surface area contributed by atoms with Gasteiger partial charge in [-0.3, -0.25) is 0 Å². The summed E-state index contributed by atoms with van der Waals surface area (Å²) in [6, 6.07) is 5.46. The first-order valence-corrected chi connectivity index (χ1v) is 9.62. The molecular weight excluding hydrogens is 354 g/mol. The van der Waals surface area contributed by atoms with Crippen molar-refractivity contribution in [1.29, 1.82) is 0 Å². The van der Waals surface area contributed by atoms with Crippen LogP contribution in [-0.4, -0.2) is 35.6 Å². The van der Waals surface area contributed by atoms with Crippen LogP contribution in [0.5, 0.6) is 0 Å². The fourth-order valence-corrected chi connectivity index (χ4v) is 3.80. The summed E-state index contributed by atoms with van der Waals surface area (Å²) in [7, 11) is 1.64. The molecule has 0 saturated carbocycles. The van der Waals surface area contributed by atoms with Gasteiger partial charge in [0.1, 0.15) is 23.3 Å². The average Bonchev–Trinajstić information content (AvgIpc) is 3.10. The zero-order valence-electron chi connectivity index (χ0n) is 14.9. The van der Waals surface area contributed by atoms with Gasteiger partial charge in [0.25, 0.3) is 0 Å². The van der Waals surface area contributed by atoms with Crippen molar-refractivity contribution in [3.8, 4) is 0 Å². The Hall–Kier alpha value is -2.06. The van der Waals surface area contributed by atoms with E-state index in [1.807, 2.05) is 6.07 Å². The predicted octanol–water partition coefficient (Wildman–Crippen LogP) is 2.25. The second kappa shape index (κ2) is 8.55. The largest absolute Gasteiger partial charge is 0.542 e. The van der Waals surface area contributed by atoms with E-state index in [0.717, 1.165) is 30.9 Å². The first-order chi connectivity index (χ1) is 12.6. The molecule has 3 heterocycles. The van der Waals surface area contributed by atoms with E-state index in [9.17, 15) is 9.90 Å². The van der Waals surface area contributed by atoms with Crippen molar-refractivity contribution in [2.45, 2.75) is 49.7 Å². The lowest BCUT2D eigenvalue weighted by Gasteiger charge is -2.34. The van der Waals surface area contributed by atoms with Crippen molar-refractivity contribution in [2.24, 2.45) is 0 Å². The summed E-state index contributed by atoms with van der Waals surface area (Å²) >= 11 is 1.41. The van der Waals surface area contributed by atoms with Crippen molar-refractivity contribution in [3.63, 3.8) is 0 Å². The van der Waals surface area contributed by atoms with Crippen LogP contribution >= 0.6 is 11.8 Å². The number of anilines is 1. The van der Waals surface area contributed by atoms with E-state index >= 15 is 0 Å². The van der Waals surface area contributed by atoms with Crippen LogP contribution in [0.25, 0.3) is 0 Å². The molecule has 7 nitrogen and oxygen atoms in total. The molecule has 1 aliphatic rings. The summed E-state index contributed by atoms with van der Waals surface area (Å²) in [5.74, 6) is 0.413. The highest BCUT2D eigenvalue weighted by Crippen LogP contribution is 2.27. The van der Waals surface area contributed by atoms with Gasteiger partial charge in [-0.1, -0.05) is 11.8 Å². The Balaban J connectivity index is 1.77. The van der Waals surface area contributed by atoms with Gasteiger partial charge in [-0.2, -0.15) is 0 Å². The van der Waals surface area contributed by atoms with Gasteiger partial charge in [-0.25, -0.2) is 9.97 Å². The standard InChI is InChI=1S/C18H23N3O4S/c1-12-5-3-4-8-21(12)16-9-13(10-24-2)19-18(20-16)26-11-14-6-7-15(25-14)17(22)23/h6-7,9,12H,3-5,8,10-11H2,1-2H3,(H,22,23)/p-1/t12-/m1/s1. The molecule has 0 spiro atoms. The first kappa shape index (κ1) is 18.7. The molecule has 2 aromatic heterocycles. The molecule has 0 unspecified atom stereocenters. The fraction of sp³-hybridized carbons (Fsp3) is 0.500. The highest BCUT2D eigenvalue weighted by atomic mass is 32.2. The maximum Gasteiger partial charge on any atom is 0.190 e. The van der Waals surface area contributed by atoms with E-state index in [-0.39, 0.29) is 5.76 Å². The van der Waals surface area contributed by atoms with Gasteiger partial charge in [0, 0.05) is 25.8 Å². The van der Waals surface area contributed by atoms with E-state index in [1.165, 1.54) is 24.2 Å². The number of rotatable bonds is 7. The Morgan fingerprint density at radius 3 is 2.96 bits per heavy atom. The molecule has 3 rings (SSSR count). The number of carboxylic acid groups (broad SMARTS) is 1. The monoisotopic (exact) mass is 376 g/mol. The Bertz CT molecular complexity index is 765. The minimum atomic E-state index is -1.32. The summed E-state index contributed by atoms with van der Waals surface area (Å²) < 4.78 is 10.5. The Labute approximate surface area is 156 Å². The van der Waals surface area contributed by atoms with Crippen LogP contribution in [0.3, 0.4) is 0 Å². The first-order valence-electron chi connectivity index (χ1n) is 8.63. The molecule has 0 aromatic carbocycles. The van der Waals surface area contributed by atoms with Crippen molar-refractivity contribution < 1.29 is 19.1 Å². The minimum absolute atomic E-state index is 0.169. The van der Waals surface area contributed by atoms with E-state index in [0.29, 0.717) is 29.3 Å². The van der Waals surface area contributed by atoms with Crippen LogP contribution in [0, 0.1) is 0 Å². The fourth-order valence-electron chi connectivity index (χ4n) is 3.03. The number of aromatic carboxylic acids is 1. The lowest BCUT2D eigenvalue weighted by molar-refractivity contribution is -0.257. The Morgan fingerprint density at radius 1 is 1.42 bits per heavy atom. The van der Waals surface area contributed by atoms with Crippen LogP contribution in [0.15, 0.2) is 27.8 Å². The topological polar surface area (TPSA) is 91.5 Å². The van der Waals surface area contributed by atoms with E-state index < -0.39 is 5.97 Å². The number of carbonyl (C=O) groups is 1. The lowest BCUT2D eigenvalue weighted by Crippen LogP contribution is -2.38. The van der Waals surface area contributed by atoms with E-state index in [1.54, 1.807) is 13.2 Å². The number of furan rings is 1. The number of aromatic nitrogens is 2. The predicted molar refractivity (Wildman–Crippen MR) is 96.0 cm³/mol. The number of carboxylic acids is 1. The zero-order valence-corrected chi connectivity index (χ0v) is 15.8. The third kappa shape index (κ3) is 4.56. The normalized spacial score (nSPS) is 17.5. The minimum Gasteiger partial charge on any atom is -0.542 e. The highest BCUT2D eigenvalue weighted by molar-refractivity contribution is 7.98. The van der Waals surface area contributed by atoms with E-state index in [4.69, 9.17) is 14.1 Å². The molecular formula is C18H22N3O4S-. The van der Waals surface area contributed by atoms with Crippen LogP contribution in [0.2, 0.25) is 0 Å². The molecule has 0 bridgehead atoms. The van der Waals surface area contributed by atoms with Crippen molar-refractivity contribution in [3.05, 3.63) is 35.4 Å². The summed E-state index contributed by atoms with van der Waals surface area (Å²) in [5.41, 5.74) is 0.827. The maximum atomic E-state index is 10.8. The molecule has 0 N–H and O–H groups in total. The summed E-state index contributed by atoms with van der Waals surface area (Å²) in [6.45, 7) is 3.62. The van der Waals surface area contributed by atoms with Crippen LogP contribution < -0.4 is 10.0 Å². The molecule has 2 aromatic rings. The second-order valence-corrected chi connectivity index (χ2v) is 7.26. The number of carbonyl (C=O) groups excluding carboxylic acids is 1. The zero-order chi connectivity index (χ0) is 18.5. The van der Waals surface area contributed by atoms with Gasteiger partial charge >= 0.3 is 0 Å². The van der Waals surface area contributed by atoms with Gasteiger partial charge < -0.3 is 24.0 Å². The lowest BCUT2D eigenvalue weighted by atomic mass is 10.0. The molecule has 0 radical (unpaired) electrons. The molecule has 1 aliphatic heterocycles. The maximum absolute atomic E-state index is 10.8. The number of ether oxygens (including phenoxy) is 1. The third-order valence-corrected chi connectivity index (χ3v) is 5.21. The van der Waals surface area contributed by atoms with Gasteiger partial charge in [-0.05, 0) is 38.3 Å². The summed E-state index contributed by atoms with van der Waals surface area (Å²) in [4.78, 5) is 22.3. The van der Waals surface area contributed by atoms with Gasteiger partial charge in [0.15, 0.2) is 5.16 Å². The molecule has 1 saturated heterocycles. The average molecular weight is 376 g/mol. The molecule has 1 atom stereocenters. The van der Waals surface area contributed by atoms with Gasteiger partial charge in [0.2, 0.25) is 0 Å². The van der Waals surface area contributed by atoms with Crippen molar-refractivity contribution in [1.82, 2.24) is 9.97 Å². The Kier molecular flexibility index (Phi) is 6.16. The van der Waals surface area contributed by atoms with Crippen LogP contribution in [-0.2, 0) is 17.1 Å². The molecule has 8 heteroatoms. The number of methoxy groups -OCH3 is 1. The molecule has 0 amide bonds. The number of piperidine rings is 1. The Morgan fingerprint density at radius 2 is 2.27 bits per heavy atom. The van der Waals surface area contributed by atoms with Crippen molar-refractivity contribution in [2.75, 3.05) is 18.6 Å². The number of thioether (sulfide) groups is 1. The van der Waals surface area contributed by atoms with Crippen LogP contribution in [0.4, 0.5) is 5.82 Å². The van der Waals surface area contributed by atoms with Crippen molar-refractivity contribution >= 4 is 23.5 Å².